The molecular weight excluding hydrogens is 384 g/mol. The molecule has 0 fully saturated rings. The molecule has 1 N–H and O–H groups in total. The summed E-state index contributed by atoms with van der Waals surface area (Å²) in [6.07, 6.45) is 5.38. The molecule has 0 saturated carbocycles. The third-order valence-electron chi connectivity index (χ3n) is 5.67. The van der Waals surface area contributed by atoms with Gasteiger partial charge in [0.1, 0.15) is 6.04 Å². The van der Waals surface area contributed by atoms with Gasteiger partial charge in [-0.3, -0.25) is 9.10 Å². The summed E-state index contributed by atoms with van der Waals surface area (Å²) in [6, 6.07) is 12.6. The van der Waals surface area contributed by atoms with Crippen molar-refractivity contribution in [3.63, 3.8) is 0 Å². The largest absolute Gasteiger partial charge is 0.348 e. The molecule has 156 valence electrons. The molecule has 1 amide bonds. The van der Waals surface area contributed by atoms with Crippen LogP contribution in [0.1, 0.15) is 55.5 Å². The normalized spacial score (nSPS) is 15.4. The number of amides is 1. The Morgan fingerprint density at radius 3 is 2.34 bits per heavy atom. The summed E-state index contributed by atoms with van der Waals surface area (Å²) >= 11 is 0. The molecule has 5 nitrogen and oxygen atoms in total. The quantitative estimate of drug-likeness (QED) is 0.750. The fourth-order valence-corrected chi connectivity index (χ4v) is 5.14. The average Bonchev–Trinajstić information content (AvgIpc) is 3.15. The van der Waals surface area contributed by atoms with Gasteiger partial charge >= 0.3 is 0 Å². The van der Waals surface area contributed by atoms with Gasteiger partial charge in [-0.2, -0.15) is 0 Å². The van der Waals surface area contributed by atoms with Gasteiger partial charge in [-0.15, -0.1) is 0 Å². The van der Waals surface area contributed by atoms with Crippen molar-refractivity contribution >= 4 is 21.6 Å². The fraction of sp³-hybridized carbons (Fsp3) is 0.435. The van der Waals surface area contributed by atoms with Crippen LogP contribution >= 0.6 is 0 Å². The summed E-state index contributed by atoms with van der Waals surface area (Å²) < 4.78 is 26.1. The van der Waals surface area contributed by atoms with E-state index in [4.69, 9.17) is 0 Å². The standard InChI is InChI=1S/C23H30N2O3S/c1-5-18-9-13-22(14-10-18)25(29(4,27)28)17(3)23(26)24-16(2)20-12-11-19-7-6-8-21(19)15-20/h9-17H,5-8H2,1-4H3,(H,24,26). The van der Waals surface area contributed by atoms with Crippen molar-refractivity contribution in [2.24, 2.45) is 0 Å². The van der Waals surface area contributed by atoms with E-state index in [1.165, 1.54) is 21.9 Å². The van der Waals surface area contributed by atoms with Crippen molar-refractivity contribution < 1.29 is 13.2 Å². The summed E-state index contributed by atoms with van der Waals surface area (Å²) in [4.78, 5) is 12.9. The van der Waals surface area contributed by atoms with E-state index in [0.717, 1.165) is 36.6 Å². The Balaban J connectivity index is 1.78. The highest BCUT2D eigenvalue weighted by Crippen LogP contribution is 2.26. The summed E-state index contributed by atoms with van der Waals surface area (Å²) in [5, 5.41) is 2.99. The van der Waals surface area contributed by atoms with Crippen molar-refractivity contribution in [2.45, 2.75) is 58.5 Å². The van der Waals surface area contributed by atoms with Crippen LogP contribution in [0.25, 0.3) is 0 Å². The van der Waals surface area contributed by atoms with Gasteiger partial charge in [0.25, 0.3) is 0 Å². The number of hydrogen-bond acceptors (Lipinski definition) is 3. The molecule has 1 aliphatic rings. The van der Waals surface area contributed by atoms with E-state index < -0.39 is 16.1 Å². The molecule has 0 bridgehead atoms. The molecule has 6 heteroatoms. The number of carbonyl (C=O) groups is 1. The first-order valence-electron chi connectivity index (χ1n) is 10.2. The van der Waals surface area contributed by atoms with Crippen LogP contribution in [0, 0.1) is 0 Å². The maximum Gasteiger partial charge on any atom is 0.244 e. The first kappa shape index (κ1) is 21.4. The first-order chi connectivity index (χ1) is 13.7. The molecule has 0 heterocycles. The van der Waals surface area contributed by atoms with Crippen LogP contribution in [-0.4, -0.2) is 26.6 Å². The number of anilines is 1. The number of carbonyl (C=O) groups excluding carboxylic acids is 1. The number of benzene rings is 2. The van der Waals surface area contributed by atoms with Gasteiger partial charge in [0.2, 0.25) is 15.9 Å². The minimum atomic E-state index is -3.62. The Kier molecular flexibility index (Phi) is 6.32. The van der Waals surface area contributed by atoms with Gasteiger partial charge in [0, 0.05) is 0 Å². The van der Waals surface area contributed by atoms with E-state index in [1.807, 2.05) is 26.0 Å². The van der Waals surface area contributed by atoms with Crippen LogP contribution in [-0.2, 0) is 34.1 Å². The molecule has 0 radical (unpaired) electrons. The summed E-state index contributed by atoms with van der Waals surface area (Å²) in [5.74, 6) is -0.317. The third-order valence-corrected chi connectivity index (χ3v) is 6.91. The number of hydrogen-bond donors (Lipinski definition) is 1. The van der Waals surface area contributed by atoms with E-state index in [-0.39, 0.29) is 11.9 Å². The second-order valence-electron chi connectivity index (χ2n) is 7.87. The Bertz CT molecular complexity index is 984. The van der Waals surface area contributed by atoms with Crippen molar-refractivity contribution in [3.05, 3.63) is 64.7 Å². The highest BCUT2D eigenvalue weighted by atomic mass is 32.2. The Morgan fingerprint density at radius 1 is 1.07 bits per heavy atom. The number of sulfonamides is 1. The minimum Gasteiger partial charge on any atom is -0.348 e. The van der Waals surface area contributed by atoms with Crippen LogP contribution in [0.2, 0.25) is 0 Å². The SMILES string of the molecule is CCc1ccc(N(C(C)C(=O)NC(C)c2ccc3c(c2)CCC3)S(C)(=O)=O)cc1. The topological polar surface area (TPSA) is 66.5 Å². The predicted octanol–water partition coefficient (Wildman–Crippen LogP) is 3.77. The molecule has 0 aliphatic heterocycles. The first-order valence-corrected chi connectivity index (χ1v) is 12.1. The number of nitrogens with zero attached hydrogens (tertiary/aromatic N) is 1. The highest BCUT2D eigenvalue weighted by Gasteiger charge is 2.30. The number of fused-ring (bicyclic) bond motifs is 1. The molecule has 3 rings (SSSR count). The lowest BCUT2D eigenvalue weighted by Gasteiger charge is -2.29. The van der Waals surface area contributed by atoms with Crippen LogP contribution in [0.15, 0.2) is 42.5 Å². The average molecular weight is 415 g/mol. The smallest absolute Gasteiger partial charge is 0.244 e. The van der Waals surface area contributed by atoms with Crippen molar-refractivity contribution in [1.29, 1.82) is 0 Å². The molecular formula is C23H30N2O3S. The maximum absolute atomic E-state index is 12.9. The lowest BCUT2D eigenvalue weighted by atomic mass is 10.0. The zero-order valence-electron chi connectivity index (χ0n) is 17.6. The zero-order valence-corrected chi connectivity index (χ0v) is 18.4. The fourth-order valence-electron chi connectivity index (χ4n) is 3.97. The summed E-state index contributed by atoms with van der Waals surface area (Å²) in [5.41, 5.74) is 5.40. The Morgan fingerprint density at radius 2 is 1.72 bits per heavy atom. The van der Waals surface area contributed by atoms with Crippen molar-refractivity contribution in [2.75, 3.05) is 10.6 Å². The van der Waals surface area contributed by atoms with E-state index in [0.29, 0.717) is 5.69 Å². The molecule has 0 saturated heterocycles. The van der Waals surface area contributed by atoms with Crippen LogP contribution < -0.4 is 9.62 Å². The third kappa shape index (κ3) is 4.81. The number of nitrogens with one attached hydrogen (secondary N) is 1. The molecule has 2 unspecified atom stereocenters. The van der Waals surface area contributed by atoms with Crippen LogP contribution in [0.3, 0.4) is 0 Å². The van der Waals surface area contributed by atoms with E-state index in [9.17, 15) is 13.2 Å². The number of aryl methyl sites for hydroxylation is 3. The molecule has 2 aromatic rings. The summed E-state index contributed by atoms with van der Waals surface area (Å²) in [6.45, 7) is 5.60. The predicted molar refractivity (Wildman–Crippen MR) is 118 cm³/mol. The highest BCUT2D eigenvalue weighted by molar-refractivity contribution is 7.92. The van der Waals surface area contributed by atoms with Crippen LogP contribution in [0.5, 0.6) is 0 Å². The zero-order chi connectivity index (χ0) is 21.2. The number of rotatable bonds is 7. The molecule has 2 aromatic carbocycles. The second kappa shape index (κ2) is 8.57. The van der Waals surface area contributed by atoms with Gasteiger partial charge in [-0.25, -0.2) is 8.42 Å². The summed E-state index contributed by atoms with van der Waals surface area (Å²) in [7, 11) is -3.62. The van der Waals surface area contributed by atoms with Gasteiger partial charge in [0.15, 0.2) is 0 Å². The lowest BCUT2D eigenvalue weighted by Crippen LogP contribution is -2.48. The minimum absolute atomic E-state index is 0.195. The van der Waals surface area contributed by atoms with Gasteiger partial charge in [-0.05, 0) is 73.9 Å². The van der Waals surface area contributed by atoms with Gasteiger partial charge in [-0.1, -0.05) is 37.3 Å². The monoisotopic (exact) mass is 414 g/mol. The Labute approximate surface area is 174 Å². The Hall–Kier alpha value is -2.34. The molecule has 0 aromatic heterocycles. The van der Waals surface area contributed by atoms with Crippen molar-refractivity contribution in [3.8, 4) is 0 Å². The van der Waals surface area contributed by atoms with E-state index >= 15 is 0 Å². The molecule has 0 spiro atoms. The van der Waals surface area contributed by atoms with Crippen molar-refractivity contribution in [1.82, 2.24) is 5.32 Å². The van der Waals surface area contributed by atoms with Gasteiger partial charge < -0.3 is 5.32 Å². The maximum atomic E-state index is 12.9. The van der Waals surface area contributed by atoms with E-state index in [2.05, 4.69) is 23.5 Å². The van der Waals surface area contributed by atoms with Gasteiger partial charge in [0.05, 0.1) is 18.0 Å². The van der Waals surface area contributed by atoms with E-state index in [1.54, 1.807) is 19.1 Å². The van der Waals surface area contributed by atoms with Crippen LogP contribution in [0.4, 0.5) is 5.69 Å². The molecule has 2 atom stereocenters. The molecule has 1 aliphatic carbocycles. The lowest BCUT2D eigenvalue weighted by molar-refractivity contribution is -0.122. The second-order valence-corrected chi connectivity index (χ2v) is 9.73. The molecule has 29 heavy (non-hydrogen) atoms.